The molecule has 0 spiro atoms. The lowest BCUT2D eigenvalue weighted by Gasteiger charge is -2.38. The van der Waals surface area contributed by atoms with Gasteiger partial charge in [-0.3, -0.25) is 4.79 Å². The van der Waals surface area contributed by atoms with Gasteiger partial charge in [-0.2, -0.15) is 0 Å². The molecule has 34 heavy (non-hydrogen) atoms. The maximum atomic E-state index is 13.5. The highest BCUT2D eigenvalue weighted by atomic mass is 16.2. The van der Waals surface area contributed by atoms with Crippen LogP contribution in [0.5, 0.6) is 0 Å². The molecule has 2 saturated carbocycles. The van der Waals surface area contributed by atoms with Gasteiger partial charge >= 0.3 is 0 Å². The van der Waals surface area contributed by atoms with Crippen molar-refractivity contribution in [1.82, 2.24) is 19.7 Å². The first-order chi connectivity index (χ1) is 16.1. The van der Waals surface area contributed by atoms with Gasteiger partial charge in [0.1, 0.15) is 11.6 Å². The van der Waals surface area contributed by atoms with Crippen LogP contribution in [0.1, 0.15) is 93.5 Å². The number of likely N-dealkylation sites (N-methyl/N-ethyl adjacent to an activating group) is 1. The van der Waals surface area contributed by atoms with E-state index in [9.17, 15) is 4.79 Å². The van der Waals surface area contributed by atoms with Crippen molar-refractivity contribution in [3.05, 3.63) is 41.0 Å². The number of anilines is 1. The summed E-state index contributed by atoms with van der Waals surface area (Å²) >= 11 is 0. The van der Waals surface area contributed by atoms with Crippen molar-refractivity contribution in [2.24, 2.45) is 17.3 Å². The fourth-order valence-electron chi connectivity index (χ4n) is 6.24. The molecule has 1 saturated heterocycles. The fraction of sp³-hybridized carbons (Fsp3) is 0.679. The Balaban J connectivity index is 1.35. The average molecular weight is 464 g/mol. The van der Waals surface area contributed by atoms with Gasteiger partial charge in [0.05, 0.1) is 5.92 Å². The smallest absolute Gasteiger partial charge is 0.229 e. The van der Waals surface area contributed by atoms with E-state index in [2.05, 4.69) is 68.6 Å². The SMILES string of the molecule is Cc1ccc(NC(=O)[C@H]2CN(C)C[C@@H]2c2nnc(C3CC(CC(C)(C)C)C3)n2C2CC2)c(C)c1. The Bertz CT molecular complexity index is 1060. The third kappa shape index (κ3) is 4.79. The second kappa shape index (κ2) is 8.78. The minimum absolute atomic E-state index is 0.0862. The molecule has 0 radical (unpaired) electrons. The Hall–Kier alpha value is -2.21. The minimum Gasteiger partial charge on any atom is -0.326 e. The first-order valence-corrected chi connectivity index (χ1v) is 13.1. The summed E-state index contributed by atoms with van der Waals surface area (Å²) in [7, 11) is 2.11. The zero-order valence-corrected chi connectivity index (χ0v) is 21.8. The summed E-state index contributed by atoms with van der Waals surface area (Å²) in [6, 6.07) is 6.72. The molecule has 2 aliphatic carbocycles. The van der Waals surface area contributed by atoms with E-state index in [0.29, 0.717) is 17.4 Å². The summed E-state index contributed by atoms with van der Waals surface area (Å²) in [6.45, 7) is 12.8. The summed E-state index contributed by atoms with van der Waals surface area (Å²) < 4.78 is 2.46. The van der Waals surface area contributed by atoms with Gasteiger partial charge in [-0.1, -0.05) is 38.5 Å². The molecule has 0 unspecified atom stereocenters. The van der Waals surface area contributed by atoms with E-state index >= 15 is 0 Å². The van der Waals surface area contributed by atoms with E-state index in [1.54, 1.807) is 0 Å². The van der Waals surface area contributed by atoms with Crippen LogP contribution in [0.2, 0.25) is 0 Å². The van der Waals surface area contributed by atoms with Crippen LogP contribution in [0.15, 0.2) is 18.2 Å². The Morgan fingerprint density at radius 3 is 2.44 bits per heavy atom. The second-order valence-corrected chi connectivity index (χ2v) is 12.6. The number of hydrogen-bond acceptors (Lipinski definition) is 4. The van der Waals surface area contributed by atoms with Crippen molar-refractivity contribution in [3.8, 4) is 0 Å². The number of nitrogens with one attached hydrogen (secondary N) is 1. The van der Waals surface area contributed by atoms with Crippen molar-refractivity contribution >= 4 is 11.6 Å². The van der Waals surface area contributed by atoms with E-state index in [-0.39, 0.29) is 17.7 Å². The number of rotatable bonds is 6. The molecule has 3 fully saturated rings. The van der Waals surface area contributed by atoms with Crippen LogP contribution in [0, 0.1) is 31.1 Å². The van der Waals surface area contributed by atoms with Gasteiger partial charge in [0.2, 0.25) is 5.91 Å². The molecule has 1 aliphatic heterocycles. The molecule has 3 aliphatic rings. The number of benzene rings is 1. The van der Waals surface area contributed by atoms with Crippen molar-refractivity contribution in [2.75, 3.05) is 25.5 Å². The molecule has 6 nitrogen and oxygen atoms in total. The first kappa shape index (κ1) is 23.5. The van der Waals surface area contributed by atoms with E-state index in [1.165, 1.54) is 43.5 Å². The molecule has 2 atom stereocenters. The molecule has 1 N–H and O–H groups in total. The lowest BCUT2D eigenvalue weighted by atomic mass is 9.68. The number of hydrogen-bond donors (Lipinski definition) is 1. The number of aromatic nitrogens is 3. The third-order valence-electron chi connectivity index (χ3n) is 7.97. The van der Waals surface area contributed by atoms with Crippen LogP contribution in [0.3, 0.4) is 0 Å². The normalized spacial score (nSPS) is 27.6. The van der Waals surface area contributed by atoms with Gasteiger partial charge in [-0.05, 0) is 76.0 Å². The lowest BCUT2D eigenvalue weighted by Crippen LogP contribution is -2.30. The molecule has 184 valence electrons. The highest BCUT2D eigenvalue weighted by Crippen LogP contribution is 2.49. The molecule has 2 aromatic rings. The zero-order chi connectivity index (χ0) is 24.2. The summed E-state index contributed by atoms with van der Waals surface area (Å²) in [5, 5.41) is 12.8. The van der Waals surface area contributed by atoms with Crippen LogP contribution >= 0.6 is 0 Å². The van der Waals surface area contributed by atoms with Crippen LogP contribution < -0.4 is 5.32 Å². The van der Waals surface area contributed by atoms with Gasteiger partial charge in [0.25, 0.3) is 0 Å². The maximum absolute atomic E-state index is 13.5. The largest absolute Gasteiger partial charge is 0.326 e. The predicted molar refractivity (Wildman–Crippen MR) is 136 cm³/mol. The highest BCUT2D eigenvalue weighted by molar-refractivity contribution is 5.94. The zero-order valence-electron chi connectivity index (χ0n) is 21.8. The van der Waals surface area contributed by atoms with Crippen molar-refractivity contribution in [1.29, 1.82) is 0 Å². The van der Waals surface area contributed by atoms with Gasteiger partial charge in [-0.25, -0.2) is 0 Å². The average Bonchev–Trinajstić information content (AvgIpc) is 3.34. The Morgan fingerprint density at radius 1 is 1.09 bits per heavy atom. The molecule has 6 heteroatoms. The van der Waals surface area contributed by atoms with Crippen molar-refractivity contribution < 1.29 is 4.79 Å². The van der Waals surface area contributed by atoms with Crippen LogP contribution in [0.25, 0.3) is 0 Å². The lowest BCUT2D eigenvalue weighted by molar-refractivity contribution is -0.119. The van der Waals surface area contributed by atoms with Crippen molar-refractivity contribution in [3.63, 3.8) is 0 Å². The molecule has 1 amide bonds. The molecular weight excluding hydrogens is 422 g/mol. The molecule has 1 aromatic heterocycles. The molecule has 2 heterocycles. The predicted octanol–water partition coefficient (Wildman–Crippen LogP) is 5.44. The number of nitrogens with zero attached hydrogens (tertiary/aromatic N) is 4. The summed E-state index contributed by atoms with van der Waals surface area (Å²) in [4.78, 5) is 15.7. The van der Waals surface area contributed by atoms with Crippen LogP contribution in [-0.2, 0) is 4.79 Å². The monoisotopic (exact) mass is 463 g/mol. The fourth-order valence-corrected chi connectivity index (χ4v) is 6.24. The van der Waals surface area contributed by atoms with Crippen LogP contribution in [-0.4, -0.2) is 45.7 Å². The molecule has 1 aromatic carbocycles. The minimum atomic E-state index is -0.115. The second-order valence-electron chi connectivity index (χ2n) is 12.6. The van der Waals surface area contributed by atoms with Gasteiger partial charge in [0.15, 0.2) is 0 Å². The van der Waals surface area contributed by atoms with Gasteiger partial charge in [0, 0.05) is 36.7 Å². The van der Waals surface area contributed by atoms with Gasteiger partial charge < -0.3 is 14.8 Å². The number of carbonyl (C=O) groups excluding carboxylic acids is 1. The van der Waals surface area contributed by atoms with E-state index in [4.69, 9.17) is 10.2 Å². The van der Waals surface area contributed by atoms with Crippen molar-refractivity contribution in [2.45, 2.75) is 84.6 Å². The number of likely N-dealkylation sites (tertiary alicyclic amines) is 1. The van der Waals surface area contributed by atoms with E-state index in [0.717, 1.165) is 36.1 Å². The quantitative estimate of drug-likeness (QED) is 0.619. The van der Waals surface area contributed by atoms with E-state index < -0.39 is 0 Å². The Kier molecular flexibility index (Phi) is 6.07. The standard InChI is InChI=1S/C28H41N5O/c1-17-7-10-24(18(2)11-17)29-27(34)23-16-32(6)15-22(23)26-31-30-25(33(26)21-8-9-21)20-12-19(13-20)14-28(3,4)5/h7,10-11,19-23H,8-9,12-16H2,1-6H3,(H,29,34)/t19?,20?,22-,23-/m0/s1. The first-order valence-electron chi connectivity index (χ1n) is 13.1. The number of carbonyl (C=O) groups is 1. The maximum Gasteiger partial charge on any atom is 0.229 e. The third-order valence-corrected chi connectivity index (χ3v) is 7.97. The Morgan fingerprint density at radius 2 is 1.79 bits per heavy atom. The molecule has 5 rings (SSSR count). The summed E-state index contributed by atoms with van der Waals surface area (Å²) in [5.41, 5.74) is 3.61. The number of amides is 1. The molecule has 0 bridgehead atoms. The van der Waals surface area contributed by atoms with Gasteiger partial charge in [-0.15, -0.1) is 10.2 Å². The highest BCUT2D eigenvalue weighted by Gasteiger charge is 2.44. The summed E-state index contributed by atoms with van der Waals surface area (Å²) in [6.07, 6.45) is 6.14. The topological polar surface area (TPSA) is 63.1 Å². The Labute approximate surface area is 204 Å². The molecular formula is C28H41N5O. The van der Waals surface area contributed by atoms with Crippen LogP contribution in [0.4, 0.5) is 5.69 Å². The van der Waals surface area contributed by atoms with E-state index in [1.807, 2.05) is 6.07 Å². The number of aryl methyl sites for hydroxylation is 2. The summed E-state index contributed by atoms with van der Waals surface area (Å²) in [5.74, 6) is 3.62.